The quantitative estimate of drug-likeness (QED) is 0.726. The van der Waals surface area contributed by atoms with Gasteiger partial charge in [-0.3, -0.25) is 9.69 Å². The zero-order valence-corrected chi connectivity index (χ0v) is 15.7. The second kappa shape index (κ2) is 9.05. The van der Waals surface area contributed by atoms with Gasteiger partial charge in [-0.25, -0.2) is 4.39 Å². The lowest BCUT2D eigenvalue weighted by atomic mass is 10.1. The number of hydrogen-bond donors (Lipinski definition) is 0. The van der Waals surface area contributed by atoms with Crippen molar-refractivity contribution >= 4 is 17.7 Å². The van der Waals surface area contributed by atoms with Crippen LogP contribution in [0, 0.1) is 5.82 Å². The van der Waals surface area contributed by atoms with Gasteiger partial charge in [0.25, 0.3) is 5.91 Å². The van der Waals surface area contributed by atoms with Crippen molar-refractivity contribution in [2.75, 3.05) is 45.6 Å². The van der Waals surface area contributed by atoms with Crippen molar-refractivity contribution in [3.05, 3.63) is 59.9 Å². The van der Waals surface area contributed by atoms with E-state index in [4.69, 9.17) is 4.74 Å². The minimum atomic E-state index is -0.202. The van der Waals surface area contributed by atoms with Crippen molar-refractivity contribution in [3.8, 4) is 5.75 Å². The highest BCUT2D eigenvalue weighted by Gasteiger charge is 2.21. The molecule has 1 fully saturated rings. The van der Waals surface area contributed by atoms with Gasteiger partial charge in [-0.1, -0.05) is 0 Å². The Morgan fingerprint density at radius 1 is 1.04 bits per heavy atom. The molecule has 0 unspecified atom stereocenters. The largest absolute Gasteiger partial charge is 0.497 e. The SMILES string of the molecule is COc1ccc(C(=O)N2CCN(CCSc3ccc(F)cc3)CC2)cc1. The average molecular weight is 374 g/mol. The summed E-state index contributed by atoms with van der Waals surface area (Å²) in [6.45, 7) is 4.21. The molecule has 0 atom stereocenters. The van der Waals surface area contributed by atoms with Gasteiger partial charge in [0.15, 0.2) is 0 Å². The van der Waals surface area contributed by atoms with Crippen LogP contribution >= 0.6 is 11.8 Å². The maximum atomic E-state index is 12.9. The summed E-state index contributed by atoms with van der Waals surface area (Å²) in [5.41, 5.74) is 0.700. The number of rotatable bonds is 6. The normalized spacial score (nSPS) is 15.1. The molecule has 26 heavy (non-hydrogen) atoms. The minimum Gasteiger partial charge on any atom is -0.497 e. The molecule has 6 heteroatoms. The highest BCUT2D eigenvalue weighted by molar-refractivity contribution is 7.99. The third-order valence-corrected chi connectivity index (χ3v) is 5.48. The minimum absolute atomic E-state index is 0.0768. The van der Waals surface area contributed by atoms with Crippen LogP contribution < -0.4 is 4.74 Å². The summed E-state index contributed by atoms with van der Waals surface area (Å²) < 4.78 is 18.0. The van der Waals surface area contributed by atoms with Crippen LogP contribution in [0.1, 0.15) is 10.4 Å². The molecule has 4 nitrogen and oxygen atoms in total. The Hall–Kier alpha value is -2.05. The average Bonchev–Trinajstić information content (AvgIpc) is 2.69. The fourth-order valence-electron chi connectivity index (χ4n) is 2.91. The van der Waals surface area contributed by atoms with E-state index in [1.807, 2.05) is 41.3 Å². The zero-order chi connectivity index (χ0) is 18.4. The second-order valence-electron chi connectivity index (χ2n) is 6.16. The Balaban J connectivity index is 1.41. The molecule has 1 aliphatic rings. The molecule has 0 radical (unpaired) electrons. The molecule has 1 saturated heterocycles. The molecule has 3 rings (SSSR count). The summed E-state index contributed by atoms with van der Waals surface area (Å²) in [5.74, 6) is 1.59. The second-order valence-corrected chi connectivity index (χ2v) is 7.33. The number of methoxy groups -OCH3 is 1. The number of benzene rings is 2. The number of halogens is 1. The van der Waals surface area contributed by atoms with Crippen molar-refractivity contribution in [2.24, 2.45) is 0 Å². The summed E-state index contributed by atoms with van der Waals surface area (Å²) in [7, 11) is 1.62. The molecular weight excluding hydrogens is 351 g/mol. The third kappa shape index (κ3) is 4.99. The van der Waals surface area contributed by atoms with Gasteiger partial charge in [0, 0.05) is 48.9 Å². The van der Waals surface area contributed by atoms with Crippen molar-refractivity contribution < 1.29 is 13.9 Å². The molecule has 0 bridgehead atoms. The maximum absolute atomic E-state index is 12.9. The number of hydrogen-bond acceptors (Lipinski definition) is 4. The lowest BCUT2D eigenvalue weighted by molar-refractivity contribution is 0.0644. The Kier molecular flexibility index (Phi) is 6.52. The predicted molar refractivity (Wildman–Crippen MR) is 102 cm³/mol. The van der Waals surface area contributed by atoms with Crippen molar-refractivity contribution in [1.82, 2.24) is 9.80 Å². The van der Waals surface area contributed by atoms with E-state index in [0.29, 0.717) is 5.56 Å². The molecule has 1 aliphatic heterocycles. The number of carbonyl (C=O) groups excluding carboxylic acids is 1. The predicted octanol–water partition coefficient (Wildman–Crippen LogP) is 3.38. The number of amides is 1. The van der Waals surface area contributed by atoms with Gasteiger partial charge in [-0.15, -0.1) is 11.8 Å². The summed E-state index contributed by atoms with van der Waals surface area (Å²) in [4.78, 5) is 17.9. The lowest BCUT2D eigenvalue weighted by Crippen LogP contribution is -2.49. The smallest absolute Gasteiger partial charge is 0.253 e. The number of carbonyl (C=O) groups is 1. The van der Waals surface area contributed by atoms with Crippen LogP contribution in [0.2, 0.25) is 0 Å². The van der Waals surface area contributed by atoms with Crippen LogP contribution in [0.15, 0.2) is 53.4 Å². The van der Waals surface area contributed by atoms with Crippen LogP contribution in [-0.2, 0) is 0 Å². The van der Waals surface area contributed by atoms with Crippen LogP contribution in [0.5, 0.6) is 5.75 Å². The maximum Gasteiger partial charge on any atom is 0.253 e. The number of thioether (sulfide) groups is 1. The molecule has 0 aliphatic carbocycles. The first-order valence-corrected chi connectivity index (χ1v) is 9.68. The fraction of sp³-hybridized carbons (Fsp3) is 0.350. The first-order valence-electron chi connectivity index (χ1n) is 8.70. The molecule has 2 aromatic carbocycles. The summed E-state index contributed by atoms with van der Waals surface area (Å²) >= 11 is 1.73. The molecule has 0 aromatic heterocycles. The van der Waals surface area contributed by atoms with E-state index in [2.05, 4.69) is 4.90 Å². The topological polar surface area (TPSA) is 32.8 Å². The van der Waals surface area contributed by atoms with Gasteiger partial charge in [0.1, 0.15) is 11.6 Å². The standard InChI is InChI=1S/C20H23FN2O2S/c1-25-18-6-2-16(3-7-18)20(24)23-12-10-22(11-13-23)14-15-26-19-8-4-17(21)5-9-19/h2-9H,10-15H2,1H3. The van der Waals surface area contributed by atoms with Gasteiger partial charge in [0.05, 0.1) is 7.11 Å². The van der Waals surface area contributed by atoms with E-state index in [-0.39, 0.29) is 11.7 Å². The Morgan fingerprint density at radius 3 is 2.31 bits per heavy atom. The van der Waals surface area contributed by atoms with E-state index in [1.54, 1.807) is 18.9 Å². The number of piperazine rings is 1. The Labute approximate surface area is 157 Å². The van der Waals surface area contributed by atoms with Crippen LogP contribution in [0.4, 0.5) is 4.39 Å². The molecule has 138 valence electrons. The highest BCUT2D eigenvalue weighted by Crippen LogP contribution is 2.19. The first kappa shape index (κ1) is 18.7. The highest BCUT2D eigenvalue weighted by atomic mass is 32.2. The number of nitrogens with zero attached hydrogens (tertiary/aromatic N) is 2. The molecule has 0 N–H and O–H groups in total. The molecule has 2 aromatic rings. The monoisotopic (exact) mass is 374 g/mol. The van der Waals surface area contributed by atoms with Gasteiger partial charge < -0.3 is 9.64 Å². The fourth-order valence-corrected chi connectivity index (χ4v) is 3.83. The molecule has 0 spiro atoms. The van der Waals surface area contributed by atoms with Crippen molar-refractivity contribution in [2.45, 2.75) is 4.90 Å². The van der Waals surface area contributed by atoms with Crippen molar-refractivity contribution in [3.63, 3.8) is 0 Å². The summed E-state index contributed by atoms with van der Waals surface area (Å²) in [6.07, 6.45) is 0. The van der Waals surface area contributed by atoms with E-state index in [0.717, 1.165) is 49.1 Å². The molecule has 0 saturated carbocycles. The molecular formula is C20H23FN2O2S. The van der Waals surface area contributed by atoms with Crippen LogP contribution in [0.3, 0.4) is 0 Å². The molecule has 1 heterocycles. The van der Waals surface area contributed by atoms with Gasteiger partial charge >= 0.3 is 0 Å². The van der Waals surface area contributed by atoms with Crippen LogP contribution in [-0.4, -0.2) is 61.3 Å². The van der Waals surface area contributed by atoms with E-state index < -0.39 is 0 Å². The lowest BCUT2D eigenvalue weighted by Gasteiger charge is -2.34. The third-order valence-electron chi connectivity index (χ3n) is 4.49. The van der Waals surface area contributed by atoms with Gasteiger partial charge in [-0.05, 0) is 48.5 Å². The Morgan fingerprint density at radius 2 is 1.69 bits per heavy atom. The Bertz CT molecular complexity index is 714. The van der Waals surface area contributed by atoms with E-state index >= 15 is 0 Å². The molecule has 1 amide bonds. The van der Waals surface area contributed by atoms with Crippen LogP contribution in [0.25, 0.3) is 0 Å². The number of ether oxygens (including phenoxy) is 1. The zero-order valence-electron chi connectivity index (χ0n) is 14.9. The van der Waals surface area contributed by atoms with E-state index in [9.17, 15) is 9.18 Å². The first-order chi connectivity index (χ1) is 12.7. The van der Waals surface area contributed by atoms with Gasteiger partial charge in [-0.2, -0.15) is 0 Å². The summed E-state index contributed by atoms with van der Waals surface area (Å²) in [5, 5.41) is 0. The van der Waals surface area contributed by atoms with Crippen molar-refractivity contribution in [1.29, 1.82) is 0 Å². The van der Waals surface area contributed by atoms with E-state index in [1.165, 1.54) is 12.1 Å². The van der Waals surface area contributed by atoms with Gasteiger partial charge in [0.2, 0.25) is 0 Å². The summed E-state index contributed by atoms with van der Waals surface area (Å²) in [6, 6.07) is 13.9.